The van der Waals surface area contributed by atoms with Crippen LogP contribution in [0.2, 0.25) is 0 Å². The predicted molar refractivity (Wildman–Crippen MR) is 169 cm³/mol. The van der Waals surface area contributed by atoms with Gasteiger partial charge in [-0.15, -0.1) is 0 Å². The average molecular weight is 637 g/mol. The molecule has 10 heteroatoms. The first kappa shape index (κ1) is 29.9. The number of furan rings is 1. The molecule has 0 radical (unpaired) electrons. The minimum atomic E-state index is -1.35. The average Bonchev–Trinajstić information content (AvgIpc) is 3.73. The third kappa shape index (κ3) is 4.38. The van der Waals surface area contributed by atoms with Crippen molar-refractivity contribution in [1.29, 1.82) is 0 Å². The minimum absolute atomic E-state index is 0.00609. The number of aliphatic hydroxyl groups excluding tert-OH is 1. The third-order valence-corrected chi connectivity index (χ3v) is 13.2. The summed E-state index contributed by atoms with van der Waals surface area (Å²) >= 11 is 2.77. The summed E-state index contributed by atoms with van der Waals surface area (Å²) in [6.07, 6.45) is 10.9. The highest BCUT2D eigenvalue weighted by atomic mass is 32.2. The number of carbonyl (C=O) groups is 2. The number of halogens is 1. The van der Waals surface area contributed by atoms with Gasteiger partial charge in [0.15, 0.2) is 5.60 Å². The van der Waals surface area contributed by atoms with Gasteiger partial charge in [0, 0.05) is 10.5 Å². The highest BCUT2D eigenvalue weighted by Gasteiger charge is 2.70. The Balaban J connectivity index is 1.22. The maximum absolute atomic E-state index is 14.0. The van der Waals surface area contributed by atoms with E-state index < -0.39 is 23.1 Å². The summed E-state index contributed by atoms with van der Waals surface area (Å²) in [6, 6.07) is 9.56. The number of carbonyl (C=O) groups excluding carboxylic acids is 2. The zero-order valence-electron chi connectivity index (χ0n) is 25.1. The van der Waals surface area contributed by atoms with E-state index in [0.29, 0.717) is 17.9 Å². The normalized spacial score (nSPS) is 33.9. The molecule has 0 unspecified atom stereocenters. The lowest BCUT2D eigenvalue weighted by molar-refractivity contribution is -0.175. The molecule has 1 aromatic carbocycles. The Labute approximate surface area is 265 Å². The van der Waals surface area contributed by atoms with Crippen molar-refractivity contribution in [2.75, 3.05) is 11.3 Å². The predicted octanol–water partition coefficient (Wildman–Crippen LogP) is 6.93. The number of nitrogens with zero attached hydrogens (tertiary/aromatic N) is 2. The summed E-state index contributed by atoms with van der Waals surface area (Å²) < 4.78 is 27.1. The number of benzene rings is 1. The van der Waals surface area contributed by atoms with Gasteiger partial charge in [-0.25, -0.2) is 13.9 Å². The Morgan fingerprint density at radius 1 is 1.20 bits per heavy atom. The van der Waals surface area contributed by atoms with Gasteiger partial charge in [-0.2, -0.15) is 16.9 Å². The number of allylic oxidation sites excluding steroid dienone is 1. The maximum atomic E-state index is 14.0. The van der Waals surface area contributed by atoms with Crippen molar-refractivity contribution in [3.63, 3.8) is 0 Å². The van der Waals surface area contributed by atoms with Crippen LogP contribution in [0.25, 0.3) is 11.8 Å². The Morgan fingerprint density at radius 3 is 2.73 bits per heavy atom. The first-order valence-corrected chi connectivity index (χ1v) is 17.6. The van der Waals surface area contributed by atoms with E-state index in [0.717, 1.165) is 42.6 Å². The lowest BCUT2D eigenvalue weighted by Gasteiger charge is -2.60. The van der Waals surface area contributed by atoms with E-state index in [-0.39, 0.29) is 39.9 Å². The zero-order chi connectivity index (χ0) is 30.9. The number of esters is 1. The van der Waals surface area contributed by atoms with E-state index in [9.17, 15) is 19.1 Å². The van der Waals surface area contributed by atoms with Crippen molar-refractivity contribution >= 4 is 40.7 Å². The van der Waals surface area contributed by atoms with E-state index in [2.05, 4.69) is 25.0 Å². The van der Waals surface area contributed by atoms with Crippen LogP contribution in [0.1, 0.15) is 67.8 Å². The molecule has 1 N–H and O–H groups in total. The molecule has 0 amide bonds. The molecule has 7 rings (SSSR count). The van der Waals surface area contributed by atoms with Crippen molar-refractivity contribution in [1.82, 2.24) is 9.78 Å². The molecule has 7 nitrogen and oxygen atoms in total. The lowest BCUT2D eigenvalue weighted by atomic mass is 9.45. The van der Waals surface area contributed by atoms with Gasteiger partial charge >= 0.3 is 5.97 Å². The van der Waals surface area contributed by atoms with Gasteiger partial charge in [-0.3, -0.25) is 4.79 Å². The van der Waals surface area contributed by atoms with Gasteiger partial charge in [0.1, 0.15) is 5.82 Å². The molecule has 0 aliphatic heterocycles. The molecule has 2 aromatic heterocycles. The second kappa shape index (κ2) is 10.9. The maximum Gasteiger partial charge on any atom is 0.375 e. The molecule has 3 aromatic rings. The molecular formula is C34H37FN2O5S2. The standard InChI is InChI=1S/C34H37FN2O5S2/c1-32-16-20-18-36-37(23-9-7-22(35)8-10-23)26(20)15-21(32)6-11-24-25-12-13-34(31(40)44-19-43-3,33(25,2)17-27(38)29(24)32)42-30(39)28-5-4-14-41-28/h4-5,7-10,14-15,18,24-25,27,29,38H,6,11-13,16-17,19H2,1-3H3/t24-,25-,27-,29+,32-,33-,34-/m0/s1. The Morgan fingerprint density at radius 2 is 2.00 bits per heavy atom. The van der Waals surface area contributed by atoms with Gasteiger partial charge in [-0.1, -0.05) is 31.2 Å². The highest BCUT2D eigenvalue weighted by Crippen LogP contribution is 2.69. The number of thioether (sulfide) groups is 2. The minimum Gasteiger partial charge on any atom is -0.457 e. The summed E-state index contributed by atoms with van der Waals surface area (Å²) in [7, 11) is 0. The van der Waals surface area contributed by atoms with E-state index >= 15 is 0 Å². The fourth-order valence-electron chi connectivity index (χ4n) is 9.34. The fourth-order valence-corrected chi connectivity index (χ4v) is 10.8. The smallest absolute Gasteiger partial charge is 0.375 e. The molecule has 232 valence electrons. The van der Waals surface area contributed by atoms with Crippen LogP contribution in [0.3, 0.4) is 0 Å². The fraction of sp³-hybridized carbons (Fsp3) is 0.500. The van der Waals surface area contributed by atoms with E-state index in [1.807, 2.05) is 17.1 Å². The number of ether oxygens (including phenoxy) is 1. The van der Waals surface area contributed by atoms with Crippen LogP contribution < -0.4 is 0 Å². The molecule has 0 bridgehead atoms. The Hall–Kier alpha value is -2.82. The molecular weight excluding hydrogens is 600 g/mol. The van der Waals surface area contributed by atoms with Gasteiger partial charge in [0.05, 0.1) is 29.9 Å². The van der Waals surface area contributed by atoms with Crippen LogP contribution in [0.15, 0.2) is 58.8 Å². The van der Waals surface area contributed by atoms with Crippen molar-refractivity contribution in [3.05, 3.63) is 77.3 Å². The van der Waals surface area contributed by atoms with E-state index in [1.54, 1.807) is 36.0 Å². The summed E-state index contributed by atoms with van der Waals surface area (Å²) in [5.74, 6) is -0.567. The van der Waals surface area contributed by atoms with Crippen molar-refractivity contribution in [3.8, 4) is 5.69 Å². The number of hydrogen-bond donors (Lipinski definition) is 1. The number of hydrogen-bond acceptors (Lipinski definition) is 8. The summed E-state index contributed by atoms with van der Waals surface area (Å²) in [4.78, 5) is 27.4. The monoisotopic (exact) mass is 636 g/mol. The second-order valence-electron chi connectivity index (χ2n) is 13.3. The lowest BCUT2D eigenvalue weighted by Crippen LogP contribution is -2.62. The second-order valence-corrected chi connectivity index (χ2v) is 15.5. The molecule has 0 spiro atoms. The third-order valence-electron chi connectivity index (χ3n) is 11.2. The molecule has 4 aliphatic carbocycles. The van der Waals surface area contributed by atoms with Crippen molar-refractivity contribution < 1.29 is 28.2 Å². The molecule has 0 saturated heterocycles. The molecule has 4 aliphatic rings. The van der Waals surface area contributed by atoms with Gasteiger partial charge in [0.25, 0.3) is 0 Å². The molecule has 2 heterocycles. The van der Waals surface area contributed by atoms with E-state index in [4.69, 9.17) is 9.15 Å². The number of fused-ring (bicyclic) bond motifs is 6. The zero-order valence-corrected chi connectivity index (χ0v) is 26.8. The molecule has 3 saturated carbocycles. The number of rotatable bonds is 6. The topological polar surface area (TPSA) is 94.6 Å². The molecule has 44 heavy (non-hydrogen) atoms. The van der Waals surface area contributed by atoms with E-state index in [1.165, 1.54) is 35.7 Å². The van der Waals surface area contributed by atoms with Crippen molar-refractivity contribution in [2.45, 2.75) is 64.1 Å². The van der Waals surface area contributed by atoms with Crippen LogP contribution in [0, 0.1) is 34.4 Å². The number of aromatic nitrogens is 2. The quantitative estimate of drug-likeness (QED) is 0.230. The first-order valence-electron chi connectivity index (χ1n) is 15.3. The van der Waals surface area contributed by atoms with Crippen LogP contribution >= 0.6 is 23.5 Å². The van der Waals surface area contributed by atoms with Crippen molar-refractivity contribution in [2.24, 2.45) is 28.6 Å². The summed E-state index contributed by atoms with van der Waals surface area (Å²) in [5.41, 5.74) is 1.89. The van der Waals surface area contributed by atoms with Crippen LogP contribution in [-0.2, 0) is 16.0 Å². The Bertz CT molecular complexity index is 1620. The number of aliphatic hydroxyl groups is 1. The van der Waals surface area contributed by atoms with Gasteiger partial charge in [-0.05, 0) is 116 Å². The van der Waals surface area contributed by atoms with Crippen LogP contribution in [0.4, 0.5) is 4.39 Å². The van der Waals surface area contributed by atoms with Gasteiger partial charge in [0.2, 0.25) is 10.9 Å². The summed E-state index contributed by atoms with van der Waals surface area (Å²) in [5, 5.41) is 17.2. The van der Waals surface area contributed by atoms with Crippen LogP contribution in [-0.4, -0.2) is 49.0 Å². The SMILES string of the molecule is CSCSC(=O)[C@@]1(OC(=O)c2ccco2)CC[C@H]2[C@@H]3CCC4=Cc5c(cnn5-c5ccc(F)cc5)C[C@]4(C)[C@H]3[C@@H](O)C[C@@]21C. The largest absolute Gasteiger partial charge is 0.457 e. The highest BCUT2D eigenvalue weighted by molar-refractivity contribution is 8.23. The first-order chi connectivity index (χ1) is 21.1. The molecule has 7 atom stereocenters. The molecule has 3 fully saturated rings. The Kier molecular flexibility index (Phi) is 7.41. The summed E-state index contributed by atoms with van der Waals surface area (Å²) in [6.45, 7) is 4.34. The van der Waals surface area contributed by atoms with Crippen LogP contribution in [0.5, 0.6) is 0 Å². The van der Waals surface area contributed by atoms with Gasteiger partial charge < -0.3 is 14.3 Å².